The third kappa shape index (κ3) is 2.84. The van der Waals surface area contributed by atoms with Crippen molar-refractivity contribution >= 4 is 0 Å². The fourth-order valence-electron chi connectivity index (χ4n) is 1.51. The van der Waals surface area contributed by atoms with Crippen LogP contribution in [0.15, 0.2) is 0 Å². The highest BCUT2D eigenvalue weighted by Gasteiger charge is 2.07. The van der Waals surface area contributed by atoms with E-state index in [4.69, 9.17) is 5.11 Å². The van der Waals surface area contributed by atoms with Gasteiger partial charge < -0.3 is 5.11 Å². The predicted octanol–water partition coefficient (Wildman–Crippen LogP) is 1.64. The first kappa shape index (κ1) is 11.8. The normalized spacial score (nSPS) is 9.87. The molecule has 0 radical (unpaired) electrons. The van der Waals surface area contributed by atoms with Gasteiger partial charge in [0.25, 0.3) is 0 Å². The lowest BCUT2D eigenvalue weighted by Gasteiger charge is -1.99. The van der Waals surface area contributed by atoms with Crippen LogP contribution in [0.25, 0.3) is 0 Å². The smallest absolute Gasteiger partial charge is 0.0753 e. The second-order valence-electron chi connectivity index (χ2n) is 3.54. The number of rotatable bonds is 3. The van der Waals surface area contributed by atoms with Crippen LogP contribution >= 0.6 is 0 Å². The first-order valence-electron chi connectivity index (χ1n) is 5.34. The Labute approximate surface area is 91.1 Å². The molecule has 1 aromatic heterocycles. The van der Waals surface area contributed by atoms with Gasteiger partial charge in [-0.2, -0.15) is 5.10 Å². The summed E-state index contributed by atoms with van der Waals surface area (Å²) in [7, 11) is 0. The maximum atomic E-state index is 8.65. The molecule has 3 nitrogen and oxygen atoms in total. The van der Waals surface area contributed by atoms with Gasteiger partial charge in [0.15, 0.2) is 0 Å². The third-order valence-electron chi connectivity index (χ3n) is 2.27. The molecule has 0 amide bonds. The molecule has 0 aliphatic rings. The number of aryl methyl sites for hydroxylation is 2. The lowest BCUT2D eigenvalue weighted by Crippen LogP contribution is -2.01. The molecule has 0 aliphatic carbocycles. The molecule has 0 aromatic carbocycles. The van der Waals surface area contributed by atoms with E-state index in [9.17, 15) is 0 Å². The number of aromatic nitrogens is 2. The van der Waals surface area contributed by atoms with Gasteiger partial charge >= 0.3 is 0 Å². The van der Waals surface area contributed by atoms with E-state index in [0.29, 0.717) is 6.42 Å². The minimum atomic E-state index is 0.119. The summed E-state index contributed by atoms with van der Waals surface area (Å²) in [5.41, 5.74) is 3.11. The average Bonchev–Trinajstić information content (AvgIpc) is 2.46. The second-order valence-corrected chi connectivity index (χ2v) is 3.54. The predicted molar refractivity (Wildman–Crippen MR) is 60.6 cm³/mol. The minimum Gasteiger partial charge on any atom is -0.395 e. The van der Waals surface area contributed by atoms with Crippen LogP contribution < -0.4 is 0 Å². The highest BCUT2D eigenvalue weighted by atomic mass is 16.2. The van der Waals surface area contributed by atoms with E-state index in [1.165, 1.54) is 0 Å². The lowest BCUT2D eigenvalue weighted by molar-refractivity contribution is 0.305. The summed E-state index contributed by atoms with van der Waals surface area (Å²) in [6, 6.07) is 0. The van der Waals surface area contributed by atoms with E-state index in [-0.39, 0.29) is 6.61 Å². The monoisotopic (exact) mass is 206 g/mol. The number of hydrogen-bond donors (Lipinski definition) is 1. The molecule has 1 rings (SSSR count). The Morgan fingerprint density at radius 1 is 1.40 bits per heavy atom. The highest BCUT2D eigenvalue weighted by molar-refractivity contribution is 5.41. The molecular weight excluding hydrogens is 188 g/mol. The van der Waals surface area contributed by atoms with E-state index in [1.54, 1.807) is 0 Å². The fourth-order valence-corrected chi connectivity index (χ4v) is 1.51. The fraction of sp³-hybridized carbons (Fsp3) is 0.583. The zero-order valence-electron chi connectivity index (χ0n) is 9.67. The molecule has 0 unspecified atom stereocenters. The van der Waals surface area contributed by atoms with Gasteiger partial charge in [-0.25, -0.2) is 0 Å². The Bertz CT molecular complexity index is 382. The standard InChI is InChI=1S/C12H18N2O/c1-4-8-14-11(3)12(10(2)13-14)7-5-6-9-15/h15H,4,6,8-9H2,1-3H3. The maximum absolute atomic E-state index is 8.65. The molecule has 1 aromatic rings. The zero-order chi connectivity index (χ0) is 11.3. The highest BCUT2D eigenvalue weighted by Crippen LogP contribution is 2.11. The van der Waals surface area contributed by atoms with Crippen LogP contribution in [0.3, 0.4) is 0 Å². The van der Waals surface area contributed by atoms with Crippen molar-refractivity contribution in [3.8, 4) is 11.8 Å². The van der Waals surface area contributed by atoms with Crippen LogP contribution in [0.5, 0.6) is 0 Å². The van der Waals surface area contributed by atoms with Gasteiger partial charge in [-0.15, -0.1) is 0 Å². The summed E-state index contributed by atoms with van der Waals surface area (Å²) in [6.07, 6.45) is 1.60. The number of hydrogen-bond acceptors (Lipinski definition) is 2. The largest absolute Gasteiger partial charge is 0.395 e. The van der Waals surface area contributed by atoms with Crippen LogP contribution in [0, 0.1) is 25.7 Å². The summed E-state index contributed by atoms with van der Waals surface area (Å²) in [5, 5.41) is 13.1. The molecular formula is C12H18N2O. The molecule has 1 N–H and O–H groups in total. The molecule has 0 saturated carbocycles. The molecule has 0 aliphatic heterocycles. The zero-order valence-corrected chi connectivity index (χ0v) is 9.67. The Hall–Kier alpha value is -1.27. The molecule has 0 atom stereocenters. The first-order valence-corrected chi connectivity index (χ1v) is 5.34. The van der Waals surface area contributed by atoms with E-state index >= 15 is 0 Å². The molecule has 1 heterocycles. The molecule has 0 fully saturated rings. The van der Waals surface area contributed by atoms with Gasteiger partial charge in [0.05, 0.1) is 23.6 Å². The van der Waals surface area contributed by atoms with Crippen LogP contribution in [0.4, 0.5) is 0 Å². The summed E-state index contributed by atoms with van der Waals surface area (Å²) in [4.78, 5) is 0. The molecule has 0 saturated heterocycles. The van der Waals surface area contributed by atoms with Gasteiger partial charge in [-0.1, -0.05) is 18.8 Å². The van der Waals surface area contributed by atoms with Gasteiger partial charge in [-0.05, 0) is 20.3 Å². The van der Waals surface area contributed by atoms with Crippen LogP contribution in [0.2, 0.25) is 0 Å². The van der Waals surface area contributed by atoms with Crippen molar-refractivity contribution < 1.29 is 5.11 Å². The van der Waals surface area contributed by atoms with Crippen molar-refractivity contribution in [3.63, 3.8) is 0 Å². The number of nitrogens with zero attached hydrogens (tertiary/aromatic N) is 2. The second kappa shape index (κ2) is 5.57. The van der Waals surface area contributed by atoms with Gasteiger partial charge in [0.1, 0.15) is 0 Å². The molecule has 0 bridgehead atoms. The maximum Gasteiger partial charge on any atom is 0.0753 e. The third-order valence-corrected chi connectivity index (χ3v) is 2.27. The van der Waals surface area contributed by atoms with Gasteiger partial charge in [-0.3, -0.25) is 4.68 Å². The summed E-state index contributed by atoms with van der Waals surface area (Å²) < 4.78 is 2.00. The van der Waals surface area contributed by atoms with Gasteiger partial charge in [0.2, 0.25) is 0 Å². The van der Waals surface area contributed by atoms with Crippen molar-refractivity contribution in [3.05, 3.63) is 17.0 Å². The Balaban J connectivity index is 2.94. The topological polar surface area (TPSA) is 38.0 Å². The van der Waals surface area contributed by atoms with Crippen molar-refractivity contribution in [1.82, 2.24) is 9.78 Å². The lowest BCUT2D eigenvalue weighted by atomic mass is 10.2. The van der Waals surface area contributed by atoms with Crippen LogP contribution in [-0.4, -0.2) is 21.5 Å². The van der Waals surface area contributed by atoms with Crippen molar-refractivity contribution in [1.29, 1.82) is 0 Å². The average molecular weight is 206 g/mol. The summed E-state index contributed by atoms with van der Waals surface area (Å²) in [5.74, 6) is 6.00. The molecule has 15 heavy (non-hydrogen) atoms. The van der Waals surface area contributed by atoms with E-state index in [2.05, 4.69) is 23.9 Å². The quantitative estimate of drug-likeness (QED) is 0.763. The molecule has 0 spiro atoms. The van der Waals surface area contributed by atoms with E-state index < -0.39 is 0 Å². The van der Waals surface area contributed by atoms with Gasteiger partial charge in [0, 0.05) is 13.0 Å². The Morgan fingerprint density at radius 3 is 2.73 bits per heavy atom. The minimum absolute atomic E-state index is 0.119. The SMILES string of the molecule is CCCn1nc(C)c(C#CCCO)c1C. The number of aliphatic hydroxyl groups is 1. The van der Waals surface area contributed by atoms with Crippen molar-refractivity contribution in [2.24, 2.45) is 0 Å². The number of aliphatic hydroxyl groups excluding tert-OH is 1. The van der Waals surface area contributed by atoms with Crippen molar-refractivity contribution in [2.75, 3.05) is 6.61 Å². The van der Waals surface area contributed by atoms with E-state index in [0.717, 1.165) is 29.9 Å². The Morgan fingerprint density at radius 2 is 2.13 bits per heavy atom. The summed E-state index contributed by atoms with van der Waals surface area (Å²) >= 11 is 0. The van der Waals surface area contributed by atoms with Crippen LogP contribution in [0.1, 0.15) is 36.7 Å². The van der Waals surface area contributed by atoms with E-state index in [1.807, 2.05) is 18.5 Å². The summed E-state index contributed by atoms with van der Waals surface area (Å²) in [6.45, 7) is 7.21. The molecule has 3 heteroatoms. The van der Waals surface area contributed by atoms with Crippen LogP contribution in [-0.2, 0) is 6.54 Å². The van der Waals surface area contributed by atoms with Crippen molar-refractivity contribution in [2.45, 2.75) is 40.2 Å². The Kier molecular flexibility index (Phi) is 4.38. The first-order chi connectivity index (χ1) is 7.20. The molecule has 82 valence electrons.